The zero-order valence-corrected chi connectivity index (χ0v) is 8.91. The van der Waals surface area contributed by atoms with Crippen molar-refractivity contribution < 1.29 is 9.66 Å². The highest BCUT2D eigenvalue weighted by Crippen LogP contribution is 2.36. The van der Waals surface area contributed by atoms with Crippen molar-refractivity contribution in [1.29, 1.82) is 0 Å². The van der Waals surface area contributed by atoms with Crippen molar-refractivity contribution in [3.05, 3.63) is 32.3 Å². The molecule has 1 heterocycles. The van der Waals surface area contributed by atoms with Crippen LogP contribution in [0.4, 0.5) is 5.69 Å². The minimum atomic E-state index is -0.389. The Kier molecular flexibility index (Phi) is 2.41. The van der Waals surface area contributed by atoms with Gasteiger partial charge in [0, 0.05) is 17.7 Å². The summed E-state index contributed by atoms with van der Waals surface area (Å²) in [6.45, 7) is 0.684. The van der Waals surface area contributed by atoms with E-state index in [4.69, 9.17) is 4.74 Å². The second-order valence-electron chi connectivity index (χ2n) is 3.12. The van der Waals surface area contributed by atoms with Crippen LogP contribution in [-0.4, -0.2) is 11.5 Å². The minimum absolute atomic E-state index is 0.112. The summed E-state index contributed by atoms with van der Waals surface area (Å²) in [7, 11) is 0. The Labute approximate surface area is 89.2 Å². The summed E-state index contributed by atoms with van der Waals surface area (Å²) >= 11 is 3.27. The van der Waals surface area contributed by atoms with Crippen LogP contribution in [0.2, 0.25) is 0 Å². The third-order valence-corrected chi connectivity index (χ3v) is 2.74. The van der Waals surface area contributed by atoms with Crippen molar-refractivity contribution in [3.63, 3.8) is 0 Å². The van der Waals surface area contributed by atoms with Crippen LogP contribution in [0.5, 0.6) is 5.75 Å². The number of aryl methyl sites for hydroxylation is 1. The van der Waals surface area contributed by atoms with E-state index in [0.717, 1.165) is 24.2 Å². The summed E-state index contributed by atoms with van der Waals surface area (Å²) in [6, 6.07) is 3.06. The van der Waals surface area contributed by atoms with E-state index in [-0.39, 0.29) is 10.6 Å². The maximum Gasteiger partial charge on any atom is 0.271 e. The first-order valence-electron chi connectivity index (χ1n) is 4.28. The van der Waals surface area contributed by atoms with Gasteiger partial charge in [0.2, 0.25) is 0 Å². The van der Waals surface area contributed by atoms with Crippen LogP contribution >= 0.6 is 15.9 Å². The van der Waals surface area contributed by atoms with Gasteiger partial charge in [0.05, 0.1) is 16.0 Å². The Hall–Kier alpha value is -1.10. The number of fused-ring (bicyclic) bond motifs is 1. The van der Waals surface area contributed by atoms with Gasteiger partial charge in [-0.2, -0.15) is 0 Å². The molecule has 0 atom stereocenters. The highest BCUT2D eigenvalue weighted by molar-refractivity contribution is 9.10. The van der Waals surface area contributed by atoms with Gasteiger partial charge in [-0.05, 0) is 28.8 Å². The lowest BCUT2D eigenvalue weighted by atomic mass is 10.1. The first-order valence-corrected chi connectivity index (χ1v) is 5.07. The zero-order chi connectivity index (χ0) is 10.1. The molecule has 1 aromatic carbocycles. The quantitative estimate of drug-likeness (QED) is 0.574. The van der Waals surface area contributed by atoms with Gasteiger partial charge in [0.1, 0.15) is 5.75 Å². The monoisotopic (exact) mass is 257 g/mol. The Bertz CT molecular complexity index is 392. The molecule has 0 aromatic heterocycles. The van der Waals surface area contributed by atoms with Gasteiger partial charge in [-0.3, -0.25) is 10.1 Å². The second kappa shape index (κ2) is 3.57. The van der Waals surface area contributed by atoms with E-state index in [1.807, 2.05) is 0 Å². The molecule has 1 aromatic rings. The number of benzene rings is 1. The molecule has 0 radical (unpaired) electrons. The van der Waals surface area contributed by atoms with Crippen LogP contribution in [0.25, 0.3) is 0 Å². The Morgan fingerprint density at radius 1 is 1.50 bits per heavy atom. The molecule has 2 rings (SSSR count). The maximum atomic E-state index is 10.6. The topological polar surface area (TPSA) is 52.4 Å². The van der Waals surface area contributed by atoms with Gasteiger partial charge in [0.25, 0.3) is 5.69 Å². The van der Waals surface area contributed by atoms with E-state index in [2.05, 4.69) is 15.9 Å². The number of hydrogen-bond acceptors (Lipinski definition) is 3. The Morgan fingerprint density at radius 2 is 2.29 bits per heavy atom. The minimum Gasteiger partial charge on any atom is -0.492 e. The zero-order valence-electron chi connectivity index (χ0n) is 7.33. The highest BCUT2D eigenvalue weighted by Gasteiger charge is 2.18. The van der Waals surface area contributed by atoms with Crippen LogP contribution in [0.1, 0.15) is 12.0 Å². The molecule has 0 saturated carbocycles. The van der Waals surface area contributed by atoms with Crippen molar-refractivity contribution in [2.75, 3.05) is 6.61 Å². The normalized spacial score (nSPS) is 14.4. The predicted molar refractivity (Wildman–Crippen MR) is 54.6 cm³/mol. The van der Waals surface area contributed by atoms with Gasteiger partial charge in [-0.25, -0.2) is 0 Å². The fraction of sp³-hybridized carbons (Fsp3) is 0.333. The number of nitro groups is 1. The van der Waals surface area contributed by atoms with Crippen LogP contribution in [0.15, 0.2) is 16.6 Å². The van der Waals surface area contributed by atoms with Crippen LogP contribution in [0.3, 0.4) is 0 Å². The van der Waals surface area contributed by atoms with Crippen molar-refractivity contribution in [3.8, 4) is 5.75 Å². The molecule has 5 heteroatoms. The average molecular weight is 258 g/mol. The molecule has 0 fully saturated rings. The summed E-state index contributed by atoms with van der Waals surface area (Å²) in [5.74, 6) is 0.752. The largest absolute Gasteiger partial charge is 0.492 e. The molecule has 0 spiro atoms. The van der Waals surface area contributed by atoms with E-state index in [1.54, 1.807) is 6.07 Å². The lowest BCUT2D eigenvalue weighted by Gasteiger charge is -2.17. The number of halogens is 1. The molecule has 0 bridgehead atoms. The lowest BCUT2D eigenvalue weighted by molar-refractivity contribution is -0.385. The SMILES string of the molecule is O=[N+]([O-])c1cc(Br)c2c(c1)CCCO2. The van der Waals surface area contributed by atoms with E-state index in [9.17, 15) is 10.1 Å². The molecule has 0 amide bonds. The van der Waals surface area contributed by atoms with E-state index < -0.39 is 0 Å². The first-order chi connectivity index (χ1) is 6.68. The van der Waals surface area contributed by atoms with Crippen molar-refractivity contribution >= 4 is 21.6 Å². The highest BCUT2D eigenvalue weighted by atomic mass is 79.9. The standard InChI is InChI=1S/C9H8BrNO3/c10-8-5-7(11(12)13)4-6-2-1-3-14-9(6)8/h4-5H,1-3H2. The number of nitrogens with zero attached hydrogens (tertiary/aromatic N) is 1. The fourth-order valence-electron chi connectivity index (χ4n) is 1.52. The van der Waals surface area contributed by atoms with Crippen LogP contribution in [-0.2, 0) is 6.42 Å². The van der Waals surface area contributed by atoms with Crippen LogP contribution < -0.4 is 4.74 Å². The van der Waals surface area contributed by atoms with Crippen molar-refractivity contribution in [1.82, 2.24) is 0 Å². The summed E-state index contributed by atoms with van der Waals surface area (Å²) in [5.41, 5.74) is 1.03. The van der Waals surface area contributed by atoms with Gasteiger partial charge in [-0.15, -0.1) is 0 Å². The molecule has 1 aliphatic rings. The number of hydrogen-bond donors (Lipinski definition) is 0. The van der Waals surface area contributed by atoms with E-state index in [1.165, 1.54) is 6.07 Å². The maximum absolute atomic E-state index is 10.6. The summed E-state index contributed by atoms with van der Waals surface area (Å²) in [4.78, 5) is 10.2. The second-order valence-corrected chi connectivity index (χ2v) is 3.98. The third kappa shape index (κ3) is 1.59. The fourth-order valence-corrected chi connectivity index (χ4v) is 2.13. The van der Waals surface area contributed by atoms with E-state index >= 15 is 0 Å². The summed E-state index contributed by atoms with van der Waals surface area (Å²) in [6.07, 6.45) is 1.76. The lowest BCUT2D eigenvalue weighted by Crippen LogP contribution is -2.09. The van der Waals surface area contributed by atoms with Gasteiger partial charge in [-0.1, -0.05) is 0 Å². The van der Waals surface area contributed by atoms with E-state index in [0.29, 0.717) is 11.1 Å². The summed E-state index contributed by atoms with van der Waals surface area (Å²) < 4.78 is 6.09. The molecule has 1 aliphatic heterocycles. The van der Waals surface area contributed by atoms with Crippen molar-refractivity contribution in [2.45, 2.75) is 12.8 Å². The molecule has 0 N–H and O–H groups in total. The van der Waals surface area contributed by atoms with Crippen molar-refractivity contribution in [2.24, 2.45) is 0 Å². The molecular weight excluding hydrogens is 250 g/mol. The van der Waals surface area contributed by atoms with Gasteiger partial charge in [0.15, 0.2) is 0 Å². The third-order valence-electron chi connectivity index (χ3n) is 2.15. The number of non-ortho nitro benzene ring substituents is 1. The smallest absolute Gasteiger partial charge is 0.271 e. The molecule has 74 valence electrons. The average Bonchev–Trinajstić information content (AvgIpc) is 2.17. The Morgan fingerprint density at radius 3 is 3.00 bits per heavy atom. The number of ether oxygens (including phenoxy) is 1. The summed E-state index contributed by atoms with van der Waals surface area (Å²) in [5, 5.41) is 10.6. The predicted octanol–water partition coefficient (Wildman–Crippen LogP) is 2.68. The molecule has 0 unspecified atom stereocenters. The number of rotatable bonds is 1. The number of nitro benzene ring substituents is 1. The van der Waals surface area contributed by atoms with Gasteiger partial charge < -0.3 is 4.74 Å². The Balaban J connectivity index is 2.51. The van der Waals surface area contributed by atoms with Crippen LogP contribution in [0, 0.1) is 10.1 Å². The molecule has 0 aliphatic carbocycles. The molecule has 4 nitrogen and oxygen atoms in total. The molecule has 14 heavy (non-hydrogen) atoms. The first kappa shape index (κ1) is 9.45. The molecule has 0 saturated heterocycles. The van der Waals surface area contributed by atoms with Gasteiger partial charge >= 0.3 is 0 Å². The molecular formula is C9H8BrNO3.